The van der Waals surface area contributed by atoms with Gasteiger partial charge in [0.2, 0.25) is 0 Å². The molecule has 0 radical (unpaired) electrons. The molecule has 0 aliphatic rings. The monoisotopic (exact) mass is 703 g/mol. The molecule has 2 heterocycles. The van der Waals surface area contributed by atoms with Crippen LogP contribution in [0.2, 0.25) is 0 Å². The van der Waals surface area contributed by atoms with Crippen molar-refractivity contribution >= 4 is 71.7 Å². The van der Waals surface area contributed by atoms with Crippen molar-refractivity contribution in [2.45, 2.75) is 0 Å². The first-order valence-electron chi connectivity index (χ1n) is 18.7. The van der Waals surface area contributed by atoms with Gasteiger partial charge in [0.1, 0.15) is 22.3 Å². The zero-order valence-corrected chi connectivity index (χ0v) is 29.8. The number of anilines is 3. The predicted octanol–water partition coefficient (Wildman–Crippen LogP) is 15.1. The van der Waals surface area contributed by atoms with Crippen molar-refractivity contribution < 1.29 is 8.83 Å². The second-order valence-electron chi connectivity index (χ2n) is 14.0. The van der Waals surface area contributed by atoms with Crippen LogP contribution < -0.4 is 4.90 Å². The molecule has 55 heavy (non-hydrogen) atoms. The molecule has 0 aliphatic carbocycles. The van der Waals surface area contributed by atoms with Gasteiger partial charge in [-0.15, -0.1) is 0 Å². The standard InChI is InChI=1S/C52H33NO2/c1-2-14-34(15-3-1)39-23-11-16-35-17-12-25-44(51(35)39)41-20-4-7-26-46(41)53(38-30-31-43-42-21-5-8-27-47(42)55-50(43)33-38)37-19-10-18-36(32-37)40-24-13-29-49-52(40)45-22-6-9-28-48(45)54-49/h1-33H. The van der Waals surface area contributed by atoms with Crippen molar-refractivity contribution in [2.75, 3.05) is 4.90 Å². The van der Waals surface area contributed by atoms with Gasteiger partial charge in [0.25, 0.3) is 0 Å². The number of fused-ring (bicyclic) bond motifs is 7. The van der Waals surface area contributed by atoms with Crippen LogP contribution in [0.1, 0.15) is 0 Å². The molecule has 11 aromatic rings. The lowest BCUT2D eigenvalue weighted by Gasteiger charge is -2.29. The Labute approximate surface area is 317 Å². The lowest BCUT2D eigenvalue weighted by Crippen LogP contribution is -2.11. The van der Waals surface area contributed by atoms with E-state index in [1.165, 1.54) is 27.5 Å². The molecule has 258 valence electrons. The summed E-state index contributed by atoms with van der Waals surface area (Å²) in [5.74, 6) is 0. The van der Waals surface area contributed by atoms with Crippen LogP contribution in [-0.4, -0.2) is 0 Å². The summed E-state index contributed by atoms with van der Waals surface area (Å²) in [5, 5.41) is 6.87. The SMILES string of the molecule is c1ccc(-c2cccc3cccc(-c4ccccc4N(c4cccc(-c5cccc6oc7ccccc7c56)c4)c4ccc5c(c4)oc4ccccc45)c23)cc1. The van der Waals surface area contributed by atoms with Crippen molar-refractivity contribution in [3.63, 3.8) is 0 Å². The third-order valence-electron chi connectivity index (χ3n) is 10.9. The number of hydrogen-bond donors (Lipinski definition) is 0. The van der Waals surface area contributed by atoms with Gasteiger partial charge in [0.15, 0.2) is 0 Å². The van der Waals surface area contributed by atoms with Crippen molar-refractivity contribution in [3.8, 4) is 33.4 Å². The summed E-state index contributed by atoms with van der Waals surface area (Å²) < 4.78 is 12.8. The number of nitrogens with zero attached hydrogens (tertiary/aromatic N) is 1. The van der Waals surface area contributed by atoms with Gasteiger partial charge >= 0.3 is 0 Å². The van der Waals surface area contributed by atoms with Crippen LogP contribution in [0.4, 0.5) is 17.1 Å². The highest BCUT2D eigenvalue weighted by Crippen LogP contribution is 2.47. The average molecular weight is 704 g/mol. The van der Waals surface area contributed by atoms with Gasteiger partial charge in [-0.1, -0.05) is 146 Å². The molecule has 0 amide bonds. The van der Waals surface area contributed by atoms with E-state index in [0.29, 0.717) is 0 Å². The van der Waals surface area contributed by atoms with Gasteiger partial charge in [0.05, 0.1) is 5.69 Å². The third kappa shape index (κ3) is 5.13. The highest BCUT2D eigenvalue weighted by molar-refractivity contribution is 6.13. The Balaban J connectivity index is 1.16. The minimum Gasteiger partial charge on any atom is -0.456 e. The molecule has 0 saturated heterocycles. The van der Waals surface area contributed by atoms with Crippen LogP contribution >= 0.6 is 0 Å². The Morgan fingerprint density at radius 3 is 1.73 bits per heavy atom. The Hall–Kier alpha value is -7.36. The number of para-hydroxylation sites is 3. The smallest absolute Gasteiger partial charge is 0.137 e. The second kappa shape index (κ2) is 12.6. The Morgan fingerprint density at radius 1 is 0.309 bits per heavy atom. The van der Waals surface area contributed by atoms with Crippen LogP contribution in [-0.2, 0) is 0 Å². The lowest BCUT2D eigenvalue weighted by atomic mass is 9.90. The Bertz CT molecular complexity index is 3220. The van der Waals surface area contributed by atoms with Crippen molar-refractivity contribution in [2.24, 2.45) is 0 Å². The summed E-state index contributed by atoms with van der Waals surface area (Å²) in [6.07, 6.45) is 0. The first kappa shape index (κ1) is 31.2. The lowest BCUT2D eigenvalue weighted by molar-refractivity contribution is 0.668. The third-order valence-corrected chi connectivity index (χ3v) is 10.9. The fourth-order valence-corrected chi connectivity index (χ4v) is 8.43. The molecular weight excluding hydrogens is 671 g/mol. The van der Waals surface area contributed by atoms with Crippen molar-refractivity contribution in [3.05, 3.63) is 200 Å². The Kier molecular flexibility index (Phi) is 7.17. The van der Waals surface area contributed by atoms with Crippen molar-refractivity contribution in [1.82, 2.24) is 0 Å². The largest absolute Gasteiger partial charge is 0.456 e. The van der Waals surface area contributed by atoms with E-state index in [-0.39, 0.29) is 0 Å². The minimum absolute atomic E-state index is 0.850. The van der Waals surface area contributed by atoms with Crippen LogP contribution in [0.25, 0.3) is 88.0 Å². The average Bonchev–Trinajstić information content (AvgIpc) is 3.82. The van der Waals surface area contributed by atoms with E-state index in [0.717, 1.165) is 77.6 Å². The molecule has 3 nitrogen and oxygen atoms in total. The molecule has 0 unspecified atom stereocenters. The van der Waals surface area contributed by atoms with E-state index >= 15 is 0 Å². The maximum Gasteiger partial charge on any atom is 0.137 e. The summed E-state index contributed by atoms with van der Waals surface area (Å²) in [6, 6.07) is 71.0. The highest BCUT2D eigenvalue weighted by atomic mass is 16.3. The molecule has 0 atom stereocenters. The fraction of sp³-hybridized carbons (Fsp3) is 0. The number of hydrogen-bond acceptors (Lipinski definition) is 3. The van der Waals surface area contributed by atoms with Gasteiger partial charge in [0, 0.05) is 44.5 Å². The molecule has 2 aromatic heterocycles. The van der Waals surface area contributed by atoms with E-state index < -0.39 is 0 Å². The molecule has 3 heteroatoms. The molecule has 0 spiro atoms. The van der Waals surface area contributed by atoms with Crippen molar-refractivity contribution in [1.29, 1.82) is 0 Å². The zero-order chi connectivity index (χ0) is 36.3. The summed E-state index contributed by atoms with van der Waals surface area (Å²) in [4.78, 5) is 2.38. The zero-order valence-electron chi connectivity index (χ0n) is 29.8. The van der Waals surface area contributed by atoms with Crippen LogP contribution in [0.3, 0.4) is 0 Å². The number of benzene rings is 9. The second-order valence-corrected chi connectivity index (χ2v) is 14.0. The molecule has 0 aliphatic heterocycles. The first-order valence-corrected chi connectivity index (χ1v) is 18.7. The van der Waals surface area contributed by atoms with E-state index in [2.05, 4.69) is 181 Å². The van der Waals surface area contributed by atoms with Gasteiger partial charge in [-0.05, 0) is 87.1 Å². The maximum absolute atomic E-state index is 6.49. The van der Waals surface area contributed by atoms with Gasteiger partial charge in [-0.2, -0.15) is 0 Å². The molecule has 0 N–H and O–H groups in total. The maximum atomic E-state index is 6.49. The quantitative estimate of drug-likeness (QED) is 0.173. The topological polar surface area (TPSA) is 29.5 Å². The first-order chi connectivity index (χ1) is 27.3. The molecule has 9 aromatic carbocycles. The summed E-state index contributed by atoms with van der Waals surface area (Å²) >= 11 is 0. The normalized spacial score (nSPS) is 11.6. The highest BCUT2D eigenvalue weighted by Gasteiger charge is 2.22. The van der Waals surface area contributed by atoms with Gasteiger partial charge < -0.3 is 13.7 Å². The van der Waals surface area contributed by atoms with Gasteiger partial charge in [-0.25, -0.2) is 0 Å². The molecule has 0 fully saturated rings. The van der Waals surface area contributed by atoms with Crippen LogP contribution in [0, 0.1) is 0 Å². The predicted molar refractivity (Wildman–Crippen MR) is 229 cm³/mol. The van der Waals surface area contributed by atoms with E-state index in [1.807, 2.05) is 24.3 Å². The molecular formula is C52H33NO2. The van der Waals surface area contributed by atoms with Crippen LogP contribution in [0.15, 0.2) is 209 Å². The van der Waals surface area contributed by atoms with E-state index in [4.69, 9.17) is 8.83 Å². The molecule has 11 rings (SSSR count). The summed E-state index contributed by atoms with van der Waals surface area (Å²) in [6.45, 7) is 0. The van der Waals surface area contributed by atoms with E-state index in [9.17, 15) is 0 Å². The number of rotatable bonds is 6. The van der Waals surface area contributed by atoms with Crippen LogP contribution in [0.5, 0.6) is 0 Å². The number of furan rings is 2. The minimum atomic E-state index is 0.850. The Morgan fingerprint density at radius 2 is 0.873 bits per heavy atom. The molecule has 0 saturated carbocycles. The molecule has 0 bridgehead atoms. The van der Waals surface area contributed by atoms with Gasteiger partial charge in [-0.3, -0.25) is 0 Å². The summed E-state index contributed by atoms with van der Waals surface area (Å²) in [5.41, 5.74) is 13.6. The summed E-state index contributed by atoms with van der Waals surface area (Å²) in [7, 11) is 0. The van der Waals surface area contributed by atoms with E-state index in [1.54, 1.807) is 0 Å². The fourth-order valence-electron chi connectivity index (χ4n) is 8.43.